The van der Waals surface area contributed by atoms with Crippen molar-refractivity contribution in [2.24, 2.45) is 11.8 Å². The van der Waals surface area contributed by atoms with Crippen LogP contribution in [0.1, 0.15) is 86.5 Å². The largest absolute Gasteiger partial charge is 0.342 e. The molecular weight excluding hydrogens is 296 g/mol. The molecule has 0 saturated carbocycles. The predicted octanol–water partition coefficient (Wildman–Crippen LogP) is 5.20. The zero-order valence-corrected chi connectivity index (χ0v) is 17.6. The second kappa shape index (κ2) is 13.7. The van der Waals surface area contributed by atoms with Crippen LogP contribution in [0, 0.1) is 11.8 Å². The number of hydrogen-bond donors (Lipinski definition) is 0. The fourth-order valence-corrected chi connectivity index (χ4v) is 3.48. The molecule has 0 aromatic rings. The summed E-state index contributed by atoms with van der Waals surface area (Å²) in [4.78, 5) is 15.8. The second-order valence-electron chi connectivity index (χ2n) is 7.95. The Balaban J connectivity index is 0.000000400. The molecule has 2 aliphatic heterocycles. The van der Waals surface area contributed by atoms with Gasteiger partial charge >= 0.3 is 0 Å². The summed E-state index contributed by atoms with van der Waals surface area (Å²) in [6.07, 6.45) is 8.72. The van der Waals surface area contributed by atoms with Crippen molar-refractivity contribution in [3.8, 4) is 0 Å². The Hall–Kier alpha value is -0.570. The number of rotatable bonds is 4. The Morgan fingerprint density at radius 2 is 1.58 bits per heavy atom. The lowest BCUT2D eigenvalue weighted by Gasteiger charge is -2.33. The maximum atomic E-state index is 11.3. The lowest BCUT2D eigenvalue weighted by Crippen LogP contribution is -2.37. The minimum atomic E-state index is 0.352. The predicted molar refractivity (Wildman–Crippen MR) is 106 cm³/mol. The van der Waals surface area contributed by atoms with Crippen molar-refractivity contribution < 1.29 is 4.79 Å². The number of nitrogens with zero attached hydrogens (tertiary/aromatic N) is 2. The molecule has 2 saturated heterocycles. The standard InChI is InChI=1S/C10H21N.C9H17NO.C2H6/c1-9(2)8-10-6-4-5-7-11(10)3;1-8(2)7-10-6-4-3-5-9(10)11;1-2/h9-10H,4-8H2,1-3H3;8H,3-7H2,1-2H3;1-2H3. The van der Waals surface area contributed by atoms with Gasteiger partial charge in [0.15, 0.2) is 0 Å². The van der Waals surface area contributed by atoms with Gasteiger partial charge in [0.2, 0.25) is 5.91 Å². The Morgan fingerprint density at radius 3 is 2.08 bits per heavy atom. The number of hydrogen-bond acceptors (Lipinski definition) is 2. The molecule has 24 heavy (non-hydrogen) atoms. The van der Waals surface area contributed by atoms with Crippen LogP contribution in [0.5, 0.6) is 0 Å². The topological polar surface area (TPSA) is 23.6 Å². The zero-order chi connectivity index (χ0) is 18.5. The van der Waals surface area contributed by atoms with E-state index in [0.29, 0.717) is 11.8 Å². The van der Waals surface area contributed by atoms with Crippen LogP contribution in [-0.4, -0.2) is 48.4 Å². The van der Waals surface area contributed by atoms with E-state index in [-0.39, 0.29) is 0 Å². The third kappa shape index (κ3) is 10.3. The highest BCUT2D eigenvalue weighted by atomic mass is 16.2. The fraction of sp³-hybridized carbons (Fsp3) is 0.952. The van der Waals surface area contributed by atoms with Crippen LogP contribution in [0.25, 0.3) is 0 Å². The van der Waals surface area contributed by atoms with Crippen molar-refractivity contribution in [3.63, 3.8) is 0 Å². The summed E-state index contributed by atoms with van der Waals surface area (Å²) in [6.45, 7) is 16.2. The summed E-state index contributed by atoms with van der Waals surface area (Å²) in [7, 11) is 2.27. The molecule has 3 nitrogen and oxygen atoms in total. The fourth-order valence-electron chi connectivity index (χ4n) is 3.48. The summed E-state index contributed by atoms with van der Waals surface area (Å²) in [5, 5.41) is 0. The number of piperidine rings is 2. The van der Waals surface area contributed by atoms with Crippen LogP contribution < -0.4 is 0 Å². The third-order valence-corrected chi connectivity index (χ3v) is 4.67. The average molecular weight is 341 g/mol. The SMILES string of the molecule is CC.CC(C)CC1CCCCN1C.CC(C)CN1CCCCC1=O. The van der Waals surface area contributed by atoms with Gasteiger partial charge in [0, 0.05) is 25.6 Å². The van der Waals surface area contributed by atoms with E-state index in [1.807, 2.05) is 18.7 Å². The van der Waals surface area contributed by atoms with Crippen LogP contribution in [0.4, 0.5) is 0 Å². The number of amides is 1. The second-order valence-corrected chi connectivity index (χ2v) is 7.95. The molecular formula is C21H44N2O. The first-order chi connectivity index (χ1) is 11.4. The zero-order valence-electron chi connectivity index (χ0n) is 17.6. The highest BCUT2D eigenvalue weighted by Gasteiger charge is 2.19. The van der Waals surface area contributed by atoms with Crippen LogP contribution in [0.3, 0.4) is 0 Å². The normalized spacial score (nSPS) is 22.0. The molecule has 0 aromatic heterocycles. The Bertz CT molecular complexity index is 315. The first-order valence-corrected chi connectivity index (χ1v) is 10.4. The molecule has 2 aliphatic rings. The van der Waals surface area contributed by atoms with E-state index in [4.69, 9.17) is 0 Å². The van der Waals surface area contributed by atoms with Gasteiger partial charge in [-0.1, -0.05) is 48.0 Å². The summed E-state index contributed by atoms with van der Waals surface area (Å²) in [5.74, 6) is 1.82. The number of carbonyl (C=O) groups excluding carboxylic acids is 1. The van der Waals surface area contributed by atoms with Gasteiger partial charge in [-0.05, 0) is 57.5 Å². The average Bonchev–Trinajstić information content (AvgIpc) is 2.54. The minimum absolute atomic E-state index is 0.352. The molecule has 144 valence electrons. The van der Waals surface area contributed by atoms with Crippen molar-refractivity contribution in [1.29, 1.82) is 0 Å². The molecule has 2 heterocycles. The molecule has 0 bridgehead atoms. The van der Waals surface area contributed by atoms with Gasteiger partial charge in [-0.3, -0.25) is 4.79 Å². The van der Waals surface area contributed by atoms with Crippen LogP contribution >= 0.6 is 0 Å². The molecule has 3 heteroatoms. The summed E-state index contributed by atoms with van der Waals surface area (Å²) in [6, 6.07) is 0.878. The van der Waals surface area contributed by atoms with Crippen LogP contribution in [0.2, 0.25) is 0 Å². The molecule has 1 atom stereocenters. The van der Waals surface area contributed by atoms with E-state index < -0.39 is 0 Å². The Morgan fingerprint density at radius 1 is 0.958 bits per heavy atom. The molecule has 0 spiro atoms. The Kier molecular flexibility index (Phi) is 13.4. The van der Waals surface area contributed by atoms with Crippen molar-refractivity contribution in [1.82, 2.24) is 9.80 Å². The lowest BCUT2D eigenvalue weighted by atomic mass is 9.95. The highest BCUT2D eigenvalue weighted by molar-refractivity contribution is 5.76. The van der Waals surface area contributed by atoms with E-state index in [0.717, 1.165) is 37.9 Å². The summed E-state index contributed by atoms with van der Waals surface area (Å²) < 4.78 is 0. The van der Waals surface area contributed by atoms with E-state index in [2.05, 4.69) is 39.6 Å². The first kappa shape index (κ1) is 23.4. The molecule has 0 N–H and O–H groups in total. The number of carbonyl (C=O) groups is 1. The van der Waals surface area contributed by atoms with Crippen LogP contribution in [0.15, 0.2) is 0 Å². The van der Waals surface area contributed by atoms with Gasteiger partial charge in [-0.15, -0.1) is 0 Å². The highest BCUT2D eigenvalue weighted by Crippen LogP contribution is 2.20. The number of likely N-dealkylation sites (tertiary alicyclic amines) is 2. The van der Waals surface area contributed by atoms with E-state index in [1.54, 1.807) is 0 Å². The summed E-state index contributed by atoms with van der Waals surface area (Å²) in [5.41, 5.74) is 0. The van der Waals surface area contributed by atoms with Crippen molar-refractivity contribution in [3.05, 3.63) is 0 Å². The third-order valence-electron chi connectivity index (χ3n) is 4.67. The molecule has 1 unspecified atom stereocenters. The molecule has 0 aliphatic carbocycles. The lowest BCUT2D eigenvalue weighted by molar-refractivity contribution is -0.133. The van der Waals surface area contributed by atoms with E-state index >= 15 is 0 Å². The van der Waals surface area contributed by atoms with Gasteiger partial charge in [-0.2, -0.15) is 0 Å². The van der Waals surface area contributed by atoms with E-state index in [1.165, 1.54) is 38.6 Å². The smallest absolute Gasteiger partial charge is 0.222 e. The quantitative estimate of drug-likeness (QED) is 0.702. The molecule has 1 amide bonds. The molecule has 0 radical (unpaired) electrons. The van der Waals surface area contributed by atoms with Crippen LogP contribution in [-0.2, 0) is 4.79 Å². The summed E-state index contributed by atoms with van der Waals surface area (Å²) >= 11 is 0. The monoisotopic (exact) mass is 340 g/mol. The van der Waals surface area contributed by atoms with Gasteiger partial charge in [0.25, 0.3) is 0 Å². The van der Waals surface area contributed by atoms with Gasteiger partial charge in [0.1, 0.15) is 0 Å². The van der Waals surface area contributed by atoms with Gasteiger partial charge in [-0.25, -0.2) is 0 Å². The van der Waals surface area contributed by atoms with Gasteiger partial charge in [0.05, 0.1) is 0 Å². The molecule has 2 fully saturated rings. The maximum absolute atomic E-state index is 11.3. The van der Waals surface area contributed by atoms with E-state index in [9.17, 15) is 4.79 Å². The minimum Gasteiger partial charge on any atom is -0.342 e. The Labute approximate surface area is 152 Å². The first-order valence-electron chi connectivity index (χ1n) is 10.4. The molecule has 0 aromatic carbocycles. The maximum Gasteiger partial charge on any atom is 0.222 e. The van der Waals surface area contributed by atoms with Crippen molar-refractivity contribution >= 4 is 5.91 Å². The van der Waals surface area contributed by atoms with Gasteiger partial charge < -0.3 is 9.80 Å². The molecule has 2 rings (SSSR count). The van der Waals surface area contributed by atoms with Crippen molar-refractivity contribution in [2.75, 3.05) is 26.7 Å². The van der Waals surface area contributed by atoms with Crippen molar-refractivity contribution in [2.45, 2.75) is 92.5 Å².